The molecule has 0 bridgehead atoms. The second-order valence-corrected chi connectivity index (χ2v) is 7.27. The molecule has 122 valence electrons. The third kappa shape index (κ3) is 2.11. The molecule has 1 aromatic carbocycles. The van der Waals surface area contributed by atoms with E-state index in [1.165, 1.54) is 12.8 Å². The molecule has 0 unspecified atom stereocenters. The number of carbonyl (C=O) groups is 2. The quantitative estimate of drug-likeness (QED) is 0.800. The number of hydrogen-bond acceptors (Lipinski definition) is 2. The van der Waals surface area contributed by atoms with Crippen LogP contribution in [0, 0.1) is 5.92 Å². The molecule has 1 aromatic rings. The van der Waals surface area contributed by atoms with Crippen molar-refractivity contribution in [1.82, 2.24) is 4.90 Å². The van der Waals surface area contributed by atoms with Crippen LogP contribution in [0.5, 0.6) is 0 Å². The number of anilines is 1. The van der Waals surface area contributed by atoms with E-state index in [0.29, 0.717) is 19.0 Å². The summed E-state index contributed by atoms with van der Waals surface area (Å²) in [6.45, 7) is 1.42. The SMILES string of the molecule is CN1C(=O)C2(CCN(C(=O)C3CCCC3)CC2)c2ccccc21. The molecule has 2 aliphatic heterocycles. The molecular formula is C19H24N2O2. The monoisotopic (exact) mass is 312 g/mol. The maximum absolute atomic E-state index is 12.9. The fourth-order valence-electron chi connectivity index (χ4n) is 4.74. The molecule has 1 saturated heterocycles. The summed E-state index contributed by atoms with van der Waals surface area (Å²) in [6.07, 6.45) is 5.98. The van der Waals surface area contributed by atoms with Gasteiger partial charge in [-0.3, -0.25) is 9.59 Å². The average molecular weight is 312 g/mol. The van der Waals surface area contributed by atoms with Crippen molar-refractivity contribution in [3.8, 4) is 0 Å². The first-order chi connectivity index (χ1) is 11.1. The minimum atomic E-state index is -0.405. The number of likely N-dealkylation sites (tertiary alicyclic amines) is 1. The largest absolute Gasteiger partial charge is 0.342 e. The number of hydrogen-bond donors (Lipinski definition) is 0. The third-order valence-corrected chi connectivity index (χ3v) is 6.13. The van der Waals surface area contributed by atoms with E-state index in [-0.39, 0.29) is 11.8 Å². The molecule has 23 heavy (non-hydrogen) atoms. The van der Waals surface area contributed by atoms with Crippen LogP contribution in [0.25, 0.3) is 0 Å². The molecule has 0 radical (unpaired) electrons. The van der Waals surface area contributed by atoms with Crippen molar-refractivity contribution >= 4 is 17.5 Å². The molecule has 3 aliphatic rings. The normalized spacial score (nSPS) is 23.6. The number of likely N-dealkylation sites (N-methyl/N-ethyl adjacent to an activating group) is 1. The van der Waals surface area contributed by atoms with E-state index in [0.717, 1.165) is 36.9 Å². The van der Waals surface area contributed by atoms with Gasteiger partial charge in [0.2, 0.25) is 11.8 Å². The first-order valence-electron chi connectivity index (χ1n) is 8.80. The van der Waals surface area contributed by atoms with Crippen molar-refractivity contribution < 1.29 is 9.59 Å². The van der Waals surface area contributed by atoms with E-state index in [1.54, 1.807) is 4.90 Å². The average Bonchev–Trinajstić information content (AvgIpc) is 3.20. The van der Waals surface area contributed by atoms with Gasteiger partial charge in [-0.2, -0.15) is 0 Å². The van der Waals surface area contributed by atoms with Gasteiger partial charge in [0.15, 0.2) is 0 Å². The van der Waals surface area contributed by atoms with E-state index in [1.807, 2.05) is 30.1 Å². The summed E-state index contributed by atoms with van der Waals surface area (Å²) in [5.74, 6) is 0.759. The zero-order chi connectivity index (χ0) is 16.0. The lowest BCUT2D eigenvalue weighted by Crippen LogP contribution is -2.50. The lowest BCUT2D eigenvalue weighted by Gasteiger charge is -2.39. The molecule has 0 atom stereocenters. The van der Waals surface area contributed by atoms with Crippen molar-refractivity contribution in [2.45, 2.75) is 43.9 Å². The number of fused-ring (bicyclic) bond motifs is 2. The summed E-state index contributed by atoms with van der Waals surface area (Å²) in [5, 5.41) is 0. The van der Waals surface area contributed by atoms with E-state index >= 15 is 0 Å². The van der Waals surface area contributed by atoms with E-state index in [2.05, 4.69) is 6.07 Å². The minimum Gasteiger partial charge on any atom is -0.342 e. The number of rotatable bonds is 1. The summed E-state index contributed by atoms with van der Waals surface area (Å²) >= 11 is 0. The van der Waals surface area contributed by atoms with Gasteiger partial charge in [0.1, 0.15) is 0 Å². The van der Waals surface area contributed by atoms with E-state index in [4.69, 9.17) is 0 Å². The second-order valence-electron chi connectivity index (χ2n) is 7.27. The third-order valence-electron chi connectivity index (χ3n) is 6.13. The highest BCUT2D eigenvalue weighted by Crippen LogP contribution is 2.47. The van der Waals surface area contributed by atoms with Gasteiger partial charge in [-0.15, -0.1) is 0 Å². The molecular weight excluding hydrogens is 288 g/mol. The molecule has 1 spiro atoms. The highest BCUT2D eigenvalue weighted by Gasteiger charge is 2.51. The standard InChI is InChI=1S/C19H24N2O2/c1-20-16-9-5-4-8-15(16)19(18(20)23)10-12-21(13-11-19)17(22)14-6-2-3-7-14/h4-5,8-9,14H,2-3,6-7,10-13H2,1H3. The van der Waals surface area contributed by atoms with Gasteiger partial charge >= 0.3 is 0 Å². The Morgan fingerprint density at radius 2 is 1.78 bits per heavy atom. The van der Waals surface area contributed by atoms with Crippen LogP contribution in [0.2, 0.25) is 0 Å². The summed E-state index contributed by atoms with van der Waals surface area (Å²) in [6, 6.07) is 8.12. The first-order valence-corrected chi connectivity index (χ1v) is 8.80. The highest BCUT2D eigenvalue weighted by atomic mass is 16.2. The van der Waals surface area contributed by atoms with Gasteiger partial charge < -0.3 is 9.80 Å². The molecule has 4 nitrogen and oxygen atoms in total. The van der Waals surface area contributed by atoms with Gasteiger partial charge in [-0.05, 0) is 37.3 Å². The van der Waals surface area contributed by atoms with Crippen LogP contribution in [0.3, 0.4) is 0 Å². The van der Waals surface area contributed by atoms with Crippen LogP contribution in [-0.2, 0) is 15.0 Å². The van der Waals surface area contributed by atoms with Gasteiger partial charge in [-0.1, -0.05) is 31.0 Å². The maximum atomic E-state index is 12.9. The Morgan fingerprint density at radius 3 is 2.48 bits per heavy atom. The van der Waals surface area contributed by atoms with Crippen molar-refractivity contribution in [3.63, 3.8) is 0 Å². The maximum Gasteiger partial charge on any atom is 0.237 e. The van der Waals surface area contributed by atoms with Crippen molar-refractivity contribution in [3.05, 3.63) is 29.8 Å². The van der Waals surface area contributed by atoms with Crippen LogP contribution >= 0.6 is 0 Å². The van der Waals surface area contributed by atoms with Gasteiger partial charge in [-0.25, -0.2) is 0 Å². The van der Waals surface area contributed by atoms with E-state index in [9.17, 15) is 9.59 Å². The smallest absolute Gasteiger partial charge is 0.237 e. The molecule has 0 aromatic heterocycles. The van der Waals surface area contributed by atoms with Gasteiger partial charge in [0.25, 0.3) is 0 Å². The number of benzene rings is 1. The van der Waals surface area contributed by atoms with Crippen LogP contribution in [0.1, 0.15) is 44.1 Å². The van der Waals surface area contributed by atoms with Crippen molar-refractivity contribution in [2.75, 3.05) is 25.0 Å². The van der Waals surface area contributed by atoms with Crippen molar-refractivity contribution in [1.29, 1.82) is 0 Å². The predicted octanol–water partition coefficient (Wildman–Crippen LogP) is 2.71. The highest BCUT2D eigenvalue weighted by molar-refractivity contribution is 6.07. The number of carbonyl (C=O) groups excluding carboxylic acids is 2. The second kappa shape index (κ2) is 5.36. The van der Waals surface area contributed by atoms with Crippen LogP contribution in [-0.4, -0.2) is 36.9 Å². The fraction of sp³-hybridized carbons (Fsp3) is 0.579. The molecule has 4 heteroatoms. The first kappa shape index (κ1) is 14.7. The zero-order valence-corrected chi connectivity index (χ0v) is 13.8. The zero-order valence-electron chi connectivity index (χ0n) is 13.8. The Balaban J connectivity index is 1.55. The Bertz CT molecular complexity index is 641. The molecule has 2 amide bonds. The Morgan fingerprint density at radius 1 is 1.13 bits per heavy atom. The summed E-state index contributed by atoms with van der Waals surface area (Å²) in [7, 11) is 1.87. The van der Waals surface area contributed by atoms with Crippen LogP contribution < -0.4 is 4.90 Å². The Labute approximate surface area is 137 Å². The van der Waals surface area contributed by atoms with Crippen molar-refractivity contribution in [2.24, 2.45) is 5.92 Å². The molecule has 2 fully saturated rings. The van der Waals surface area contributed by atoms with Crippen LogP contribution in [0.4, 0.5) is 5.69 Å². The predicted molar refractivity (Wildman–Crippen MR) is 89.3 cm³/mol. The lowest BCUT2D eigenvalue weighted by atomic mass is 9.73. The molecule has 1 saturated carbocycles. The summed E-state index contributed by atoms with van der Waals surface area (Å²) in [5.41, 5.74) is 1.78. The summed E-state index contributed by atoms with van der Waals surface area (Å²) in [4.78, 5) is 29.3. The van der Waals surface area contributed by atoms with Gasteiger partial charge in [0.05, 0.1) is 5.41 Å². The fourth-order valence-corrected chi connectivity index (χ4v) is 4.74. The number of nitrogens with zero attached hydrogens (tertiary/aromatic N) is 2. The Hall–Kier alpha value is -1.84. The Kier molecular flexibility index (Phi) is 3.43. The van der Waals surface area contributed by atoms with Crippen LogP contribution in [0.15, 0.2) is 24.3 Å². The lowest BCUT2D eigenvalue weighted by molar-refractivity contribution is -0.139. The topological polar surface area (TPSA) is 40.6 Å². The van der Waals surface area contributed by atoms with E-state index < -0.39 is 5.41 Å². The molecule has 0 N–H and O–H groups in total. The molecule has 1 aliphatic carbocycles. The number of amides is 2. The summed E-state index contributed by atoms with van der Waals surface area (Å²) < 4.78 is 0. The molecule has 2 heterocycles. The number of piperidine rings is 1. The minimum absolute atomic E-state index is 0.201. The molecule has 4 rings (SSSR count). The van der Waals surface area contributed by atoms with Gasteiger partial charge in [0, 0.05) is 31.7 Å². The number of para-hydroxylation sites is 1.